The van der Waals surface area contributed by atoms with Crippen molar-refractivity contribution >= 4 is 0 Å². The van der Waals surface area contributed by atoms with Gasteiger partial charge in [0.05, 0.1) is 0 Å². The summed E-state index contributed by atoms with van der Waals surface area (Å²) in [6.45, 7) is 4.93. The van der Waals surface area contributed by atoms with E-state index in [1.807, 2.05) is 0 Å². The molecule has 0 radical (unpaired) electrons. The summed E-state index contributed by atoms with van der Waals surface area (Å²) in [6, 6.07) is 0. The van der Waals surface area contributed by atoms with Crippen LogP contribution in [-0.4, -0.2) is 25.0 Å². The third kappa shape index (κ3) is 2.03. The summed E-state index contributed by atoms with van der Waals surface area (Å²) >= 11 is 0. The van der Waals surface area contributed by atoms with Gasteiger partial charge in [-0.2, -0.15) is 0 Å². The lowest BCUT2D eigenvalue weighted by Crippen LogP contribution is -2.31. The molecule has 1 heterocycles. The smallest absolute Gasteiger partial charge is 0.0163 e. The van der Waals surface area contributed by atoms with Crippen molar-refractivity contribution in [3.05, 3.63) is 11.6 Å². The molecule has 0 unspecified atom stereocenters. The van der Waals surface area contributed by atoms with Gasteiger partial charge in [0.25, 0.3) is 0 Å². The van der Waals surface area contributed by atoms with Crippen LogP contribution in [0.1, 0.15) is 45.4 Å². The van der Waals surface area contributed by atoms with Crippen molar-refractivity contribution in [3.63, 3.8) is 0 Å². The highest BCUT2D eigenvalue weighted by molar-refractivity contribution is 5.17. The van der Waals surface area contributed by atoms with E-state index in [1.54, 1.807) is 5.57 Å². The van der Waals surface area contributed by atoms with Crippen LogP contribution in [0.15, 0.2) is 11.6 Å². The molecule has 1 aliphatic carbocycles. The van der Waals surface area contributed by atoms with Gasteiger partial charge in [0.2, 0.25) is 0 Å². The van der Waals surface area contributed by atoms with Gasteiger partial charge in [0.15, 0.2) is 0 Å². The molecule has 0 N–H and O–H groups in total. The Morgan fingerprint density at radius 3 is 2.50 bits per heavy atom. The first-order chi connectivity index (χ1) is 6.71. The van der Waals surface area contributed by atoms with Crippen LogP contribution < -0.4 is 0 Å². The third-order valence-corrected chi connectivity index (χ3v) is 4.14. The standard InChI is InChI=1S/C13H23N/c1-13(8-4-3-5-9-13)12-6-10-14(2)11-7-12/h6H,3-5,7-11H2,1-2H3. The predicted molar refractivity (Wildman–Crippen MR) is 61.4 cm³/mol. The topological polar surface area (TPSA) is 3.24 Å². The number of likely N-dealkylation sites (N-methyl/N-ethyl adjacent to an activating group) is 1. The molecule has 1 saturated carbocycles. The molecular formula is C13H23N. The molecule has 2 aliphatic rings. The first-order valence-electron chi connectivity index (χ1n) is 6.09. The first-order valence-corrected chi connectivity index (χ1v) is 6.09. The molecule has 1 fully saturated rings. The Morgan fingerprint density at radius 2 is 1.93 bits per heavy atom. The number of rotatable bonds is 1. The fourth-order valence-electron chi connectivity index (χ4n) is 2.97. The zero-order chi connectivity index (χ0) is 10.0. The maximum Gasteiger partial charge on any atom is 0.0163 e. The quantitative estimate of drug-likeness (QED) is 0.578. The van der Waals surface area contributed by atoms with Crippen LogP contribution in [0.5, 0.6) is 0 Å². The summed E-state index contributed by atoms with van der Waals surface area (Å²) in [5.74, 6) is 0. The Morgan fingerprint density at radius 1 is 1.21 bits per heavy atom. The van der Waals surface area contributed by atoms with Crippen LogP contribution in [0.25, 0.3) is 0 Å². The Balaban J connectivity index is 2.05. The largest absolute Gasteiger partial charge is 0.302 e. The molecule has 0 spiro atoms. The van der Waals surface area contributed by atoms with Crippen molar-refractivity contribution in [2.24, 2.45) is 5.41 Å². The molecule has 0 amide bonds. The summed E-state index contributed by atoms with van der Waals surface area (Å²) in [5.41, 5.74) is 2.33. The van der Waals surface area contributed by atoms with Gasteiger partial charge in [-0.1, -0.05) is 37.8 Å². The van der Waals surface area contributed by atoms with E-state index in [2.05, 4.69) is 24.9 Å². The van der Waals surface area contributed by atoms with Gasteiger partial charge >= 0.3 is 0 Å². The number of hydrogen-bond donors (Lipinski definition) is 0. The monoisotopic (exact) mass is 193 g/mol. The van der Waals surface area contributed by atoms with Gasteiger partial charge in [-0.05, 0) is 31.7 Å². The molecule has 1 aliphatic heterocycles. The normalized spacial score (nSPS) is 28.6. The van der Waals surface area contributed by atoms with Crippen LogP contribution in [0.4, 0.5) is 0 Å². The van der Waals surface area contributed by atoms with Crippen molar-refractivity contribution in [3.8, 4) is 0 Å². The van der Waals surface area contributed by atoms with Crippen LogP contribution in [0.3, 0.4) is 0 Å². The molecule has 2 rings (SSSR count). The molecule has 0 bridgehead atoms. The Kier molecular flexibility index (Phi) is 2.96. The van der Waals surface area contributed by atoms with E-state index >= 15 is 0 Å². The molecule has 0 aromatic carbocycles. The van der Waals surface area contributed by atoms with Gasteiger partial charge < -0.3 is 4.90 Å². The molecule has 14 heavy (non-hydrogen) atoms. The molecule has 0 aromatic heterocycles. The number of nitrogens with zero attached hydrogens (tertiary/aromatic N) is 1. The van der Waals surface area contributed by atoms with Crippen molar-refractivity contribution in [2.75, 3.05) is 20.1 Å². The molecule has 0 atom stereocenters. The summed E-state index contributed by atoms with van der Waals surface area (Å²) in [4.78, 5) is 2.41. The van der Waals surface area contributed by atoms with Gasteiger partial charge in [-0.3, -0.25) is 0 Å². The first kappa shape index (κ1) is 10.2. The second-order valence-electron chi connectivity index (χ2n) is 5.36. The van der Waals surface area contributed by atoms with Crippen LogP contribution in [0.2, 0.25) is 0 Å². The van der Waals surface area contributed by atoms with E-state index < -0.39 is 0 Å². The summed E-state index contributed by atoms with van der Waals surface area (Å²) in [6.07, 6.45) is 11.0. The van der Waals surface area contributed by atoms with Gasteiger partial charge in [0, 0.05) is 13.1 Å². The lowest BCUT2D eigenvalue weighted by atomic mass is 9.69. The molecule has 1 heteroatoms. The Hall–Kier alpha value is -0.300. The lowest BCUT2D eigenvalue weighted by Gasteiger charge is -2.39. The minimum absolute atomic E-state index is 0.569. The summed E-state index contributed by atoms with van der Waals surface area (Å²) in [5, 5.41) is 0. The van der Waals surface area contributed by atoms with Gasteiger partial charge in [0.1, 0.15) is 0 Å². The highest BCUT2D eigenvalue weighted by Crippen LogP contribution is 2.43. The fraction of sp³-hybridized carbons (Fsp3) is 0.846. The van der Waals surface area contributed by atoms with Crippen molar-refractivity contribution in [1.82, 2.24) is 4.90 Å². The molecule has 1 nitrogen and oxygen atoms in total. The van der Waals surface area contributed by atoms with Crippen LogP contribution in [0, 0.1) is 5.41 Å². The second kappa shape index (κ2) is 4.06. The van der Waals surface area contributed by atoms with E-state index in [0.717, 1.165) is 0 Å². The third-order valence-electron chi connectivity index (χ3n) is 4.14. The average Bonchev–Trinajstić information content (AvgIpc) is 2.19. The Bertz CT molecular complexity index is 223. The molecule has 0 aromatic rings. The molecule has 0 saturated heterocycles. The van der Waals surface area contributed by atoms with E-state index in [1.165, 1.54) is 51.6 Å². The van der Waals surface area contributed by atoms with Crippen molar-refractivity contribution in [2.45, 2.75) is 45.4 Å². The summed E-state index contributed by atoms with van der Waals surface area (Å²) < 4.78 is 0. The van der Waals surface area contributed by atoms with E-state index in [4.69, 9.17) is 0 Å². The van der Waals surface area contributed by atoms with Gasteiger partial charge in [-0.15, -0.1) is 0 Å². The number of hydrogen-bond acceptors (Lipinski definition) is 1. The fourth-order valence-corrected chi connectivity index (χ4v) is 2.97. The minimum Gasteiger partial charge on any atom is -0.302 e. The highest BCUT2D eigenvalue weighted by Gasteiger charge is 2.31. The minimum atomic E-state index is 0.569. The zero-order valence-electron chi connectivity index (χ0n) is 9.68. The lowest BCUT2D eigenvalue weighted by molar-refractivity contribution is 0.240. The van der Waals surface area contributed by atoms with Crippen molar-refractivity contribution in [1.29, 1.82) is 0 Å². The van der Waals surface area contributed by atoms with E-state index in [0.29, 0.717) is 5.41 Å². The van der Waals surface area contributed by atoms with Crippen LogP contribution >= 0.6 is 0 Å². The van der Waals surface area contributed by atoms with Gasteiger partial charge in [-0.25, -0.2) is 0 Å². The van der Waals surface area contributed by atoms with E-state index in [-0.39, 0.29) is 0 Å². The molecule has 80 valence electrons. The summed E-state index contributed by atoms with van der Waals surface area (Å²) in [7, 11) is 2.22. The zero-order valence-corrected chi connectivity index (χ0v) is 9.68. The Labute approximate surface area is 88.2 Å². The maximum absolute atomic E-state index is 2.49. The molecular weight excluding hydrogens is 170 g/mol. The van der Waals surface area contributed by atoms with Crippen molar-refractivity contribution < 1.29 is 0 Å². The van der Waals surface area contributed by atoms with Crippen LogP contribution in [-0.2, 0) is 0 Å². The van der Waals surface area contributed by atoms with E-state index in [9.17, 15) is 0 Å². The highest BCUT2D eigenvalue weighted by atomic mass is 15.1. The maximum atomic E-state index is 2.49. The average molecular weight is 193 g/mol. The second-order valence-corrected chi connectivity index (χ2v) is 5.36. The SMILES string of the molecule is CN1CC=C(C2(C)CCCCC2)CC1. The predicted octanol–water partition coefficient (Wildman–Crippen LogP) is 3.22.